The van der Waals surface area contributed by atoms with Gasteiger partial charge in [0.2, 0.25) is 0 Å². The molecule has 5 atom stereocenters. The smallest absolute Gasteiger partial charge is 0.282 e. The van der Waals surface area contributed by atoms with E-state index in [1.54, 1.807) is 36.4 Å². The average Bonchev–Trinajstić information content (AvgIpc) is 3.10. The van der Waals surface area contributed by atoms with Gasteiger partial charge in [0, 0.05) is 22.3 Å². The molecule has 0 spiro atoms. The van der Waals surface area contributed by atoms with Gasteiger partial charge in [0.1, 0.15) is 5.82 Å². The fourth-order valence-electron chi connectivity index (χ4n) is 5.01. The molecule has 1 aliphatic heterocycles. The second kappa shape index (κ2) is 8.99. The van der Waals surface area contributed by atoms with Crippen LogP contribution in [0.25, 0.3) is 0 Å². The van der Waals surface area contributed by atoms with Crippen LogP contribution in [-0.4, -0.2) is 15.6 Å². The number of rotatable bonds is 4. The predicted molar refractivity (Wildman–Crippen MR) is 132 cm³/mol. The first-order valence-electron chi connectivity index (χ1n) is 10.4. The van der Waals surface area contributed by atoms with Crippen LogP contribution in [-0.2, 0) is 0 Å². The highest BCUT2D eigenvalue weighted by Crippen LogP contribution is 2.59. The number of benzene rings is 3. The first kappa shape index (κ1) is 22.8. The standard InChI is InChI=1S/C24H18Cl3FN2O2S/c25-13-9-15-21-16(11-20(22(21)27)33-19-4-2-1-3-18(19)30(31)32)23(29-24(15)17(26)10-13)12-5-7-14(28)8-6-12/h1-10,16,20-23,29H,11H2/t16-,20+,21-,22+,23-/m0/s1. The van der Waals surface area contributed by atoms with Crippen LogP contribution in [0.5, 0.6) is 0 Å². The lowest BCUT2D eigenvalue weighted by Crippen LogP contribution is -2.31. The number of para-hydroxylation sites is 1. The number of nitro benzene ring substituents is 1. The lowest BCUT2D eigenvalue weighted by Gasteiger charge is -2.39. The molecule has 2 aliphatic rings. The molecule has 170 valence electrons. The first-order chi connectivity index (χ1) is 15.8. The third kappa shape index (κ3) is 4.18. The van der Waals surface area contributed by atoms with Gasteiger partial charge in [-0.2, -0.15) is 0 Å². The number of halogens is 4. The Bertz CT molecular complexity index is 1230. The van der Waals surface area contributed by atoms with Crippen molar-refractivity contribution in [3.63, 3.8) is 0 Å². The molecule has 33 heavy (non-hydrogen) atoms. The van der Waals surface area contributed by atoms with E-state index in [-0.39, 0.29) is 44.9 Å². The SMILES string of the molecule is O=[N+]([O-])c1ccccc1S[C@@H]1C[C@H]2[C@H](c3cc(Cl)cc(Cl)c3N[C@H]2c2ccc(F)cc2)[C@@H]1Cl. The summed E-state index contributed by atoms with van der Waals surface area (Å²) >= 11 is 21.4. The number of hydrogen-bond donors (Lipinski definition) is 1. The maximum atomic E-state index is 13.6. The van der Waals surface area contributed by atoms with Crippen molar-refractivity contribution in [1.82, 2.24) is 0 Å². The van der Waals surface area contributed by atoms with Crippen molar-refractivity contribution in [3.8, 4) is 0 Å². The molecule has 0 unspecified atom stereocenters. The molecular weight excluding hydrogens is 506 g/mol. The average molecular weight is 524 g/mol. The Kier molecular flexibility index (Phi) is 6.21. The number of anilines is 1. The summed E-state index contributed by atoms with van der Waals surface area (Å²) in [5.74, 6) is -0.308. The van der Waals surface area contributed by atoms with E-state index in [2.05, 4.69) is 5.32 Å². The molecule has 0 amide bonds. The van der Waals surface area contributed by atoms with Crippen molar-refractivity contribution >= 4 is 57.9 Å². The summed E-state index contributed by atoms with van der Waals surface area (Å²) in [5, 5.41) is 15.7. The van der Waals surface area contributed by atoms with Gasteiger partial charge in [-0.25, -0.2) is 4.39 Å². The highest BCUT2D eigenvalue weighted by Gasteiger charge is 2.50. The minimum Gasteiger partial charge on any atom is -0.376 e. The zero-order valence-electron chi connectivity index (χ0n) is 17.1. The van der Waals surface area contributed by atoms with Crippen molar-refractivity contribution in [2.75, 3.05) is 5.32 Å². The number of fused-ring (bicyclic) bond motifs is 3. The third-order valence-corrected chi connectivity index (χ3v) is 9.03. The van der Waals surface area contributed by atoms with Gasteiger partial charge >= 0.3 is 0 Å². The Hall–Kier alpha value is -1.99. The lowest BCUT2D eigenvalue weighted by atomic mass is 9.77. The van der Waals surface area contributed by atoms with Crippen molar-refractivity contribution in [1.29, 1.82) is 0 Å². The Balaban J connectivity index is 1.56. The van der Waals surface area contributed by atoms with E-state index in [1.807, 2.05) is 6.07 Å². The van der Waals surface area contributed by atoms with Gasteiger partial charge in [0.25, 0.3) is 5.69 Å². The quantitative estimate of drug-likeness (QED) is 0.213. The summed E-state index contributed by atoms with van der Waals surface area (Å²) in [5.41, 5.74) is 2.73. The summed E-state index contributed by atoms with van der Waals surface area (Å²) in [7, 11) is 0. The Morgan fingerprint density at radius 3 is 2.55 bits per heavy atom. The van der Waals surface area contributed by atoms with Crippen LogP contribution in [0.2, 0.25) is 10.0 Å². The largest absolute Gasteiger partial charge is 0.376 e. The second-order valence-electron chi connectivity index (χ2n) is 8.28. The van der Waals surface area contributed by atoms with Crippen LogP contribution in [0.3, 0.4) is 0 Å². The highest BCUT2D eigenvalue weighted by atomic mass is 35.5. The van der Waals surface area contributed by atoms with Crippen LogP contribution >= 0.6 is 46.6 Å². The van der Waals surface area contributed by atoms with Crippen molar-refractivity contribution in [2.45, 2.75) is 33.9 Å². The Labute approximate surface area is 209 Å². The van der Waals surface area contributed by atoms with Gasteiger partial charge in [0.15, 0.2) is 0 Å². The monoisotopic (exact) mass is 522 g/mol. The predicted octanol–water partition coefficient (Wildman–Crippen LogP) is 8.08. The van der Waals surface area contributed by atoms with Gasteiger partial charge in [-0.05, 0) is 53.8 Å². The molecule has 1 N–H and O–H groups in total. The van der Waals surface area contributed by atoms with Crippen LogP contribution in [0, 0.1) is 21.8 Å². The highest BCUT2D eigenvalue weighted by molar-refractivity contribution is 8.00. The maximum absolute atomic E-state index is 13.6. The molecule has 0 bridgehead atoms. The Morgan fingerprint density at radius 1 is 1.09 bits per heavy atom. The third-order valence-electron chi connectivity index (χ3n) is 6.41. The minimum atomic E-state index is -0.370. The number of nitrogens with zero attached hydrogens (tertiary/aromatic N) is 1. The summed E-state index contributed by atoms with van der Waals surface area (Å²) < 4.78 is 13.6. The number of nitrogens with one attached hydrogen (secondary N) is 1. The van der Waals surface area contributed by atoms with Crippen LogP contribution in [0.4, 0.5) is 15.8 Å². The molecular formula is C24H18Cl3FN2O2S. The Morgan fingerprint density at radius 2 is 1.82 bits per heavy atom. The van der Waals surface area contributed by atoms with Crippen molar-refractivity contribution in [2.24, 2.45) is 5.92 Å². The summed E-state index contributed by atoms with van der Waals surface area (Å²) in [6.07, 6.45) is 0.716. The molecule has 0 radical (unpaired) electrons. The fourth-order valence-corrected chi connectivity index (χ4v) is 7.52. The van der Waals surface area contributed by atoms with E-state index >= 15 is 0 Å². The molecule has 4 nitrogen and oxygen atoms in total. The lowest BCUT2D eigenvalue weighted by molar-refractivity contribution is -0.387. The van der Waals surface area contributed by atoms with Crippen LogP contribution < -0.4 is 5.32 Å². The van der Waals surface area contributed by atoms with E-state index in [0.29, 0.717) is 21.4 Å². The molecule has 3 aromatic rings. The fraction of sp³-hybridized carbons (Fsp3) is 0.250. The molecule has 3 aromatic carbocycles. The van der Waals surface area contributed by atoms with E-state index < -0.39 is 0 Å². The first-order valence-corrected chi connectivity index (χ1v) is 12.5. The summed E-state index contributed by atoms with van der Waals surface area (Å²) in [6.45, 7) is 0. The van der Waals surface area contributed by atoms with Gasteiger partial charge in [0.05, 0.1) is 31.9 Å². The topological polar surface area (TPSA) is 55.2 Å². The van der Waals surface area contributed by atoms with Gasteiger partial charge in [-0.15, -0.1) is 23.4 Å². The van der Waals surface area contributed by atoms with Gasteiger partial charge < -0.3 is 5.32 Å². The van der Waals surface area contributed by atoms with Crippen LogP contribution in [0.15, 0.2) is 65.6 Å². The summed E-state index contributed by atoms with van der Waals surface area (Å²) in [4.78, 5) is 11.7. The number of alkyl halides is 1. The summed E-state index contributed by atoms with van der Waals surface area (Å²) in [6, 6.07) is 16.6. The maximum Gasteiger partial charge on any atom is 0.282 e. The molecule has 1 saturated carbocycles. The molecule has 0 saturated heterocycles. The van der Waals surface area contributed by atoms with Gasteiger partial charge in [-0.3, -0.25) is 10.1 Å². The van der Waals surface area contributed by atoms with Gasteiger partial charge in [-0.1, -0.05) is 47.5 Å². The molecule has 1 heterocycles. The normalized spacial score (nSPS) is 25.8. The van der Waals surface area contributed by atoms with E-state index in [9.17, 15) is 14.5 Å². The number of thioether (sulfide) groups is 1. The molecule has 0 aromatic heterocycles. The van der Waals surface area contributed by atoms with Crippen molar-refractivity contribution < 1.29 is 9.31 Å². The minimum absolute atomic E-state index is 0.0697. The number of hydrogen-bond acceptors (Lipinski definition) is 4. The van der Waals surface area contributed by atoms with Crippen LogP contribution in [0.1, 0.15) is 29.5 Å². The number of nitro groups is 1. The molecule has 9 heteroatoms. The molecule has 1 fully saturated rings. The van der Waals surface area contributed by atoms with E-state index in [1.165, 1.54) is 30.0 Å². The van der Waals surface area contributed by atoms with E-state index in [0.717, 1.165) is 16.8 Å². The van der Waals surface area contributed by atoms with E-state index in [4.69, 9.17) is 34.8 Å². The zero-order valence-corrected chi connectivity index (χ0v) is 20.1. The molecule has 5 rings (SSSR count). The second-order valence-corrected chi connectivity index (χ2v) is 10.9. The zero-order chi connectivity index (χ0) is 23.3. The van der Waals surface area contributed by atoms with Crippen molar-refractivity contribution in [3.05, 3.63) is 97.8 Å². The molecule has 1 aliphatic carbocycles.